The lowest BCUT2D eigenvalue weighted by Crippen LogP contribution is -2.09. The van der Waals surface area contributed by atoms with Crippen molar-refractivity contribution in [1.82, 2.24) is 0 Å². The van der Waals surface area contributed by atoms with Crippen LogP contribution in [0.4, 0.5) is 0 Å². The minimum absolute atomic E-state index is 0.143. The fourth-order valence-electron chi connectivity index (χ4n) is 2.49. The number of esters is 1. The van der Waals surface area contributed by atoms with E-state index >= 15 is 0 Å². The SMILES string of the molecule is COc1cc(/C=C/C(=O)c2ccc(Cl)cc2)ccc1OC(=O)c1ccccc1. The third-order valence-corrected chi connectivity index (χ3v) is 4.21. The summed E-state index contributed by atoms with van der Waals surface area (Å²) in [6.45, 7) is 0. The van der Waals surface area contributed by atoms with Crippen LogP contribution in [0, 0.1) is 0 Å². The summed E-state index contributed by atoms with van der Waals surface area (Å²) in [5.41, 5.74) is 1.72. The van der Waals surface area contributed by atoms with Crippen LogP contribution >= 0.6 is 11.6 Å². The largest absolute Gasteiger partial charge is 0.493 e. The Kier molecular flexibility index (Phi) is 6.25. The molecule has 4 nitrogen and oxygen atoms in total. The van der Waals surface area contributed by atoms with E-state index in [1.807, 2.05) is 6.07 Å². The molecule has 0 unspecified atom stereocenters. The number of hydrogen-bond acceptors (Lipinski definition) is 4. The molecule has 0 fully saturated rings. The van der Waals surface area contributed by atoms with Gasteiger partial charge in [0, 0.05) is 10.6 Å². The van der Waals surface area contributed by atoms with Gasteiger partial charge < -0.3 is 9.47 Å². The highest BCUT2D eigenvalue weighted by molar-refractivity contribution is 6.30. The first kappa shape index (κ1) is 19.4. The fourth-order valence-corrected chi connectivity index (χ4v) is 2.61. The average molecular weight is 393 g/mol. The lowest BCUT2D eigenvalue weighted by Gasteiger charge is -2.10. The zero-order valence-corrected chi connectivity index (χ0v) is 15.8. The number of ketones is 1. The Bertz CT molecular complexity index is 1010. The van der Waals surface area contributed by atoms with Gasteiger partial charge in [0.05, 0.1) is 12.7 Å². The van der Waals surface area contributed by atoms with Crippen molar-refractivity contribution in [3.63, 3.8) is 0 Å². The molecule has 0 saturated heterocycles. The summed E-state index contributed by atoms with van der Waals surface area (Å²) in [6.07, 6.45) is 3.13. The predicted molar refractivity (Wildman–Crippen MR) is 109 cm³/mol. The van der Waals surface area contributed by atoms with Gasteiger partial charge in [-0.2, -0.15) is 0 Å². The number of carbonyl (C=O) groups excluding carboxylic acids is 2. The zero-order chi connectivity index (χ0) is 19.9. The fraction of sp³-hybridized carbons (Fsp3) is 0.0435. The second-order valence-electron chi connectivity index (χ2n) is 5.87. The molecule has 0 radical (unpaired) electrons. The number of rotatable bonds is 6. The maximum absolute atomic E-state index is 12.2. The van der Waals surface area contributed by atoms with Gasteiger partial charge in [-0.3, -0.25) is 4.79 Å². The van der Waals surface area contributed by atoms with Gasteiger partial charge in [0.1, 0.15) is 0 Å². The van der Waals surface area contributed by atoms with E-state index in [2.05, 4.69) is 0 Å². The van der Waals surface area contributed by atoms with Gasteiger partial charge in [-0.05, 0) is 60.2 Å². The highest BCUT2D eigenvalue weighted by atomic mass is 35.5. The van der Waals surface area contributed by atoms with Crippen molar-refractivity contribution in [2.75, 3.05) is 7.11 Å². The number of methoxy groups -OCH3 is 1. The van der Waals surface area contributed by atoms with Crippen molar-refractivity contribution in [2.24, 2.45) is 0 Å². The van der Waals surface area contributed by atoms with E-state index in [-0.39, 0.29) is 5.78 Å². The Balaban J connectivity index is 1.74. The van der Waals surface area contributed by atoms with Crippen LogP contribution in [0.5, 0.6) is 11.5 Å². The van der Waals surface area contributed by atoms with Crippen molar-refractivity contribution in [1.29, 1.82) is 0 Å². The second-order valence-corrected chi connectivity index (χ2v) is 6.31. The summed E-state index contributed by atoms with van der Waals surface area (Å²) >= 11 is 5.83. The third-order valence-electron chi connectivity index (χ3n) is 3.96. The number of hydrogen-bond donors (Lipinski definition) is 0. The zero-order valence-electron chi connectivity index (χ0n) is 15.1. The van der Waals surface area contributed by atoms with Crippen molar-refractivity contribution < 1.29 is 19.1 Å². The summed E-state index contributed by atoms with van der Waals surface area (Å²) in [6, 6.07) is 20.4. The molecule has 0 aliphatic rings. The second kappa shape index (κ2) is 9.02. The monoisotopic (exact) mass is 392 g/mol. The Morgan fingerprint density at radius 3 is 2.25 bits per heavy atom. The number of halogens is 1. The standard InChI is InChI=1S/C23H17ClO4/c1-27-22-15-16(7-13-20(25)17-9-11-19(24)12-10-17)8-14-21(22)28-23(26)18-5-3-2-4-6-18/h2-15H,1H3/b13-7+. The first-order valence-corrected chi connectivity index (χ1v) is 8.88. The van der Waals surface area contributed by atoms with E-state index in [1.165, 1.54) is 13.2 Å². The van der Waals surface area contributed by atoms with E-state index in [4.69, 9.17) is 21.1 Å². The van der Waals surface area contributed by atoms with Gasteiger partial charge in [0.15, 0.2) is 17.3 Å². The number of allylic oxidation sites excluding steroid dienone is 1. The van der Waals surface area contributed by atoms with Crippen LogP contribution in [0.15, 0.2) is 78.9 Å². The van der Waals surface area contributed by atoms with E-state index in [1.54, 1.807) is 72.8 Å². The van der Waals surface area contributed by atoms with Crippen molar-refractivity contribution in [3.05, 3.63) is 101 Å². The van der Waals surface area contributed by atoms with Gasteiger partial charge >= 0.3 is 5.97 Å². The van der Waals surface area contributed by atoms with Gasteiger partial charge in [-0.15, -0.1) is 0 Å². The molecule has 3 rings (SSSR count). The molecule has 140 valence electrons. The quantitative estimate of drug-likeness (QED) is 0.242. The maximum Gasteiger partial charge on any atom is 0.343 e. The Labute approximate surface area is 168 Å². The van der Waals surface area contributed by atoms with Crippen molar-refractivity contribution in [2.45, 2.75) is 0 Å². The maximum atomic E-state index is 12.2. The lowest BCUT2D eigenvalue weighted by molar-refractivity contribution is 0.0729. The Hall–Kier alpha value is -3.37. The normalized spacial score (nSPS) is 10.6. The van der Waals surface area contributed by atoms with Crippen LogP contribution < -0.4 is 9.47 Å². The molecular weight excluding hydrogens is 376 g/mol. The van der Waals surface area contributed by atoms with Crippen molar-refractivity contribution >= 4 is 29.4 Å². The first-order chi connectivity index (χ1) is 13.6. The number of benzene rings is 3. The number of ether oxygens (including phenoxy) is 2. The van der Waals surface area contributed by atoms with Crippen molar-refractivity contribution in [3.8, 4) is 11.5 Å². The van der Waals surface area contributed by atoms with Crippen LogP contribution in [0.3, 0.4) is 0 Å². The molecule has 5 heteroatoms. The molecule has 0 heterocycles. The molecule has 0 aromatic heterocycles. The summed E-state index contributed by atoms with van der Waals surface area (Å²) in [5.74, 6) is 0.0817. The average Bonchev–Trinajstić information content (AvgIpc) is 2.73. The third kappa shape index (κ3) is 4.87. The molecule has 0 aliphatic carbocycles. The van der Waals surface area contributed by atoms with Gasteiger partial charge in [0.25, 0.3) is 0 Å². The summed E-state index contributed by atoms with van der Waals surface area (Å²) in [7, 11) is 1.49. The topological polar surface area (TPSA) is 52.6 Å². The first-order valence-electron chi connectivity index (χ1n) is 8.50. The molecule has 0 saturated carbocycles. The van der Waals surface area contributed by atoms with Gasteiger partial charge in [-0.25, -0.2) is 4.79 Å². The van der Waals surface area contributed by atoms with Crippen LogP contribution in [-0.4, -0.2) is 18.9 Å². The molecule has 0 aliphatic heterocycles. The van der Waals surface area contributed by atoms with Crippen LogP contribution in [0.2, 0.25) is 5.02 Å². The molecule has 0 N–H and O–H groups in total. The van der Waals surface area contributed by atoms with E-state index in [0.29, 0.717) is 27.6 Å². The van der Waals surface area contributed by atoms with E-state index in [0.717, 1.165) is 5.56 Å². The smallest absolute Gasteiger partial charge is 0.343 e. The molecule has 0 bridgehead atoms. The molecule has 0 amide bonds. The molecule has 3 aromatic rings. The highest BCUT2D eigenvalue weighted by Crippen LogP contribution is 2.29. The molecule has 0 spiro atoms. The van der Waals surface area contributed by atoms with Crippen LogP contribution in [-0.2, 0) is 0 Å². The van der Waals surface area contributed by atoms with E-state index < -0.39 is 5.97 Å². The highest BCUT2D eigenvalue weighted by Gasteiger charge is 2.12. The molecule has 3 aromatic carbocycles. The Morgan fingerprint density at radius 2 is 1.57 bits per heavy atom. The van der Waals surface area contributed by atoms with Crippen LogP contribution in [0.25, 0.3) is 6.08 Å². The molecule has 28 heavy (non-hydrogen) atoms. The van der Waals surface area contributed by atoms with Gasteiger partial charge in [0.2, 0.25) is 0 Å². The van der Waals surface area contributed by atoms with E-state index in [9.17, 15) is 9.59 Å². The minimum atomic E-state index is -0.472. The summed E-state index contributed by atoms with van der Waals surface area (Å²) in [5, 5.41) is 0.575. The van der Waals surface area contributed by atoms with Gasteiger partial charge in [-0.1, -0.05) is 41.9 Å². The predicted octanol–water partition coefficient (Wildman–Crippen LogP) is 5.46. The molecule has 0 atom stereocenters. The minimum Gasteiger partial charge on any atom is -0.493 e. The molecular formula is C23H17ClO4. The number of carbonyl (C=O) groups is 2. The summed E-state index contributed by atoms with van der Waals surface area (Å²) in [4.78, 5) is 24.4. The van der Waals surface area contributed by atoms with Crippen LogP contribution in [0.1, 0.15) is 26.3 Å². The summed E-state index contributed by atoms with van der Waals surface area (Å²) < 4.78 is 10.7. The Morgan fingerprint density at radius 1 is 0.857 bits per heavy atom. The lowest BCUT2D eigenvalue weighted by atomic mass is 10.1.